The minimum atomic E-state index is 0.102. The molecular formula is C11H17BrN2OS. The molecule has 0 aliphatic heterocycles. The number of thiophene rings is 1. The van der Waals surface area contributed by atoms with E-state index in [9.17, 15) is 4.79 Å². The molecule has 0 aliphatic carbocycles. The van der Waals surface area contributed by atoms with E-state index in [1.54, 1.807) is 11.3 Å². The Morgan fingerprint density at radius 1 is 1.62 bits per heavy atom. The molecule has 0 aliphatic rings. The van der Waals surface area contributed by atoms with Gasteiger partial charge in [-0.25, -0.2) is 0 Å². The fourth-order valence-electron chi connectivity index (χ4n) is 1.22. The molecule has 1 aromatic heterocycles. The highest BCUT2D eigenvalue weighted by Crippen LogP contribution is 2.21. The van der Waals surface area contributed by atoms with Gasteiger partial charge in [-0.3, -0.25) is 4.79 Å². The van der Waals surface area contributed by atoms with Crippen LogP contribution in [0.5, 0.6) is 0 Å². The number of amides is 1. The van der Waals surface area contributed by atoms with E-state index in [4.69, 9.17) is 5.73 Å². The smallest absolute Gasteiger partial charge is 0.220 e. The summed E-state index contributed by atoms with van der Waals surface area (Å²) in [5.41, 5.74) is 5.49. The molecule has 3 nitrogen and oxygen atoms in total. The molecule has 0 aromatic carbocycles. The van der Waals surface area contributed by atoms with Crippen molar-refractivity contribution in [2.45, 2.75) is 26.3 Å². The van der Waals surface area contributed by atoms with E-state index in [1.807, 2.05) is 12.1 Å². The molecule has 5 heteroatoms. The van der Waals surface area contributed by atoms with Crippen molar-refractivity contribution in [2.24, 2.45) is 11.7 Å². The van der Waals surface area contributed by atoms with Crippen molar-refractivity contribution in [1.29, 1.82) is 0 Å². The SMILES string of the molecule is CC(CN)CCC(=O)NCc1ccc(Br)s1. The number of hydrogen-bond donors (Lipinski definition) is 2. The third-order valence-corrected chi connectivity index (χ3v) is 3.98. The molecule has 0 fully saturated rings. The highest BCUT2D eigenvalue weighted by molar-refractivity contribution is 9.11. The molecule has 0 spiro atoms. The van der Waals surface area contributed by atoms with Crippen LogP contribution in [-0.4, -0.2) is 12.5 Å². The van der Waals surface area contributed by atoms with Gasteiger partial charge in [-0.2, -0.15) is 0 Å². The van der Waals surface area contributed by atoms with Crippen molar-refractivity contribution in [2.75, 3.05) is 6.54 Å². The van der Waals surface area contributed by atoms with E-state index in [0.29, 0.717) is 25.4 Å². The molecule has 1 unspecified atom stereocenters. The van der Waals surface area contributed by atoms with Crippen LogP contribution in [0.3, 0.4) is 0 Å². The van der Waals surface area contributed by atoms with Gasteiger partial charge in [-0.05, 0) is 46.9 Å². The largest absolute Gasteiger partial charge is 0.351 e. The van der Waals surface area contributed by atoms with Crippen LogP contribution in [0.4, 0.5) is 0 Å². The van der Waals surface area contributed by atoms with E-state index in [0.717, 1.165) is 15.1 Å². The van der Waals surface area contributed by atoms with Gasteiger partial charge in [0.05, 0.1) is 10.3 Å². The average molecular weight is 305 g/mol. The van der Waals surface area contributed by atoms with Crippen LogP contribution in [-0.2, 0) is 11.3 Å². The lowest BCUT2D eigenvalue weighted by Gasteiger charge is -2.07. The average Bonchev–Trinajstić information content (AvgIpc) is 2.69. The summed E-state index contributed by atoms with van der Waals surface area (Å²) in [5.74, 6) is 0.520. The summed E-state index contributed by atoms with van der Waals surface area (Å²) in [5, 5.41) is 2.90. The van der Waals surface area contributed by atoms with Crippen molar-refractivity contribution in [3.8, 4) is 0 Å². The predicted octanol–water partition coefficient (Wildman–Crippen LogP) is 2.50. The lowest BCUT2D eigenvalue weighted by Crippen LogP contribution is -2.23. The molecule has 0 saturated heterocycles. The number of halogens is 1. The van der Waals surface area contributed by atoms with Crippen LogP contribution in [0.25, 0.3) is 0 Å². The minimum absolute atomic E-state index is 0.102. The summed E-state index contributed by atoms with van der Waals surface area (Å²) >= 11 is 5.03. The highest BCUT2D eigenvalue weighted by atomic mass is 79.9. The van der Waals surface area contributed by atoms with Gasteiger partial charge in [0, 0.05) is 11.3 Å². The number of nitrogens with two attached hydrogens (primary N) is 1. The van der Waals surface area contributed by atoms with Gasteiger partial charge in [0.1, 0.15) is 0 Å². The van der Waals surface area contributed by atoms with E-state index in [2.05, 4.69) is 28.2 Å². The molecule has 1 atom stereocenters. The second kappa shape index (κ2) is 7.04. The zero-order chi connectivity index (χ0) is 12.0. The van der Waals surface area contributed by atoms with Crippen LogP contribution in [0.15, 0.2) is 15.9 Å². The lowest BCUT2D eigenvalue weighted by molar-refractivity contribution is -0.121. The molecule has 1 aromatic rings. The van der Waals surface area contributed by atoms with E-state index >= 15 is 0 Å². The quantitative estimate of drug-likeness (QED) is 0.848. The van der Waals surface area contributed by atoms with Gasteiger partial charge in [0.15, 0.2) is 0 Å². The second-order valence-corrected chi connectivity index (χ2v) is 6.41. The summed E-state index contributed by atoms with van der Waals surface area (Å²) in [4.78, 5) is 12.6. The number of hydrogen-bond acceptors (Lipinski definition) is 3. The maximum absolute atomic E-state index is 11.5. The van der Waals surface area contributed by atoms with Crippen molar-refractivity contribution in [1.82, 2.24) is 5.32 Å². The summed E-state index contributed by atoms with van der Waals surface area (Å²) in [6, 6.07) is 4.00. The van der Waals surface area contributed by atoms with E-state index in [-0.39, 0.29) is 5.91 Å². The molecule has 1 amide bonds. The number of carbonyl (C=O) groups is 1. The van der Waals surface area contributed by atoms with Crippen molar-refractivity contribution >= 4 is 33.2 Å². The maximum atomic E-state index is 11.5. The summed E-state index contributed by atoms with van der Waals surface area (Å²) < 4.78 is 1.09. The summed E-state index contributed by atoms with van der Waals surface area (Å²) in [6.07, 6.45) is 1.42. The Morgan fingerprint density at radius 3 is 2.94 bits per heavy atom. The standard InChI is InChI=1S/C11H17BrN2OS/c1-8(6-13)2-5-11(15)14-7-9-3-4-10(12)16-9/h3-4,8H,2,5-7,13H2,1H3,(H,14,15). The first kappa shape index (κ1) is 13.7. The first-order chi connectivity index (χ1) is 7.61. The van der Waals surface area contributed by atoms with Crippen LogP contribution >= 0.6 is 27.3 Å². The lowest BCUT2D eigenvalue weighted by atomic mass is 10.1. The van der Waals surface area contributed by atoms with Crippen molar-refractivity contribution in [3.63, 3.8) is 0 Å². The Labute approximate surface area is 109 Å². The van der Waals surface area contributed by atoms with Crippen LogP contribution in [0.1, 0.15) is 24.6 Å². The highest BCUT2D eigenvalue weighted by Gasteiger charge is 2.05. The topological polar surface area (TPSA) is 55.1 Å². The first-order valence-electron chi connectivity index (χ1n) is 5.32. The summed E-state index contributed by atoms with van der Waals surface area (Å²) in [7, 11) is 0. The van der Waals surface area contributed by atoms with E-state index < -0.39 is 0 Å². The van der Waals surface area contributed by atoms with Crippen molar-refractivity contribution < 1.29 is 4.79 Å². The van der Waals surface area contributed by atoms with E-state index in [1.165, 1.54) is 0 Å². The summed E-state index contributed by atoms with van der Waals surface area (Å²) in [6.45, 7) is 3.32. The third kappa shape index (κ3) is 5.09. The zero-order valence-electron chi connectivity index (χ0n) is 9.33. The molecule has 1 heterocycles. The Morgan fingerprint density at radius 2 is 2.38 bits per heavy atom. The molecular weight excluding hydrogens is 288 g/mol. The Bertz CT molecular complexity index is 340. The molecule has 0 radical (unpaired) electrons. The molecule has 3 N–H and O–H groups in total. The third-order valence-electron chi connectivity index (χ3n) is 2.36. The minimum Gasteiger partial charge on any atom is -0.351 e. The molecule has 90 valence electrons. The number of nitrogens with one attached hydrogen (secondary N) is 1. The Balaban J connectivity index is 2.20. The molecule has 16 heavy (non-hydrogen) atoms. The molecule has 0 bridgehead atoms. The van der Waals surface area contributed by atoms with Gasteiger partial charge >= 0.3 is 0 Å². The second-order valence-electron chi connectivity index (χ2n) is 3.86. The van der Waals surface area contributed by atoms with Gasteiger partial charge in [-0.15, -0.1) is 11.3 Å². The van der Waals surface area contributed by atoms with Crippen LogP contribution < -0.4 is 11.1 Å². The maximum Gasteiger partial charge on any atom is 0.220 e. The van der Waals surface area contributed by atoms with Crippen molar-refractivity contribution in [3.05, 3.63) is 20.8 Å². The van der Waals surface area contributed by atoms with Gasteiger partial charge in [-0.1, -0.05) is 6.92 Å². The van der Waals surface area contributed by atoms with Gasteiger partial charge in [0.25, 0.3) is 0 Å². The zero-order valence-corrected chi connectivity index (χ0v) is 11.7. The van der Waals surface area contributed by atoms with Gasteiger partial charge in [0.2, 0.25) is 5.91 Å². The monoisotopic (exact) mass is 304 g/mol. The fraction of sp³-hybridized carbons (Fsp3) is 0.545. The first-order valence-corrected chi connectivity index (χ1v) is 6.93. The van der Waals surface area contributed by atoms with Crippen LogP contribution in [0, 0.1) is 5.92 Å². The normalized spacial score (nSPS) is 12.4. The Kier molecular flexibility index (Phi) is 6.01. The Hall–Kier alpha value is -0.390. The number of rotatable bonds is 6. The molecule has 1 rings (SSSR count). The van der Waals surface area contributed by atoms with Crippen LogP contribution in [0.2, 0.25) is 0 Å². The predicted molar refractivity (Wildman–Crippen MR) is 71.3 cm³/mol. The molecule has 0 saturated carbocycles. The fourth-order valence-corrected chi connectivity index (χ4v) is 2.64. The van der Waals surface area contributed by atoms with Gasteiger partial charge < -0.3 is 11.1 Å². The number of carbonyl (C=O) groups excluding carboxylic acids is 1.